The lowest BCUT2D eigenvalue weighted by atomic mass is 10.0. The molecule has 0 aliphatic carbocycles. The maximum atomic E-state index is 12.0. The van der Waals surface area contributed by atoms with E-state index in [1.165, 1.54) is 0 Å². The van der Waals surface area contributed by atoms with Gasteiger partial charge in [0.25, 0.3) is 0 Å². The third-order valence-corrected chi connectivity index (χ3v) is 4.38. The molecule has 0 bridgehead atoms. The standard InChI is InChI=1S/C22H18O4/c1-24-17-9-7-15(8-10-17)13-25-21-12-22-19(20(23)14-26-22)11-18(21)16-5-3-2-4-6-16/h2-12H,13-14H2,1H3. The van der Waals surface area contributed by atoms with Crippen molar-refractivity contribution in [1.82, 2.24) is 0 Å². The van der Waals surface area contributed by atoms with E-state index in [0.717, 1.165) is 22.4 Å². The maximum Gasteiger partial charge on any atom is 0.203 e. The van der Waals surface area contributed by atoms with Gasteiger partial charge >= 0.3 is 0 Å². The second-order valence-corrected chi connectivity index (χ2v) is 6.06. The monoisotopic (exact) mass is 346 g/mol. The molecule has 4 nitrogen and oxygen atoms in total. The van der Waals surface area contributed by atoms with Crippen LogP contribution in [0.15, 0.2) is 66.7 Å². The van der Waals surface area contributed by atoms with Crippen LogP contribution in [-0.4, -0.2) is 19.5 Å². The van der Waals surface area contributed by atoms with Crippen molar-refractivity contribution in [3.8, 4) is 28.4 Å². The van der Waals surface area contributed by atoms with Gasteiger partial charge in [-0.3, -0.25) is 4.79 Å². The van der Waals surface area contributed by atoms with Gasteiger partial charge in [0.05, 0.1) is 12.7 Å². The molecule has 0 amide bonds. The van der Waals surface area contributed by atoms with Gasteiger partial charge < -0.3 is 14.2 Å². The molecule has 4 rings (SSSR count). The van der Waals surface area contributed by atoms with Gasteiger partial charge in [-0.1, -0.05) is 42.5 Å². The molecule has 0 saturated carbocycles. The van der Waals surface area contributed by atoms with E-state index < -0.39 is 0 Å². The molecule has 1 aliphatic heterocycles. The Kier molecular flexibility index (Phi) is 4.32. The topological polar surface area (TPSA) is 44.8 Å². The summed E-state index contributed by atoms with van der Waals surface area (Å²) >= 11 is 0. The molecule has 0 atom stereocenters. The fraction of sp³-hybridized carbons (Fsp3) is 0.136. The van der Waals surface area contributed by atoms with Crippen LogP contribution in [0.4, 0.5) is 0 Å². The molecule has 0 N–H and O–H groups in total. The van der Waals surface area contributed by atoms with Gasteiger partial charge in [-0.25, -0.2) is 0 Å². The first-order valence-corrected chi connectivity index (χ1v) is 8.40. The molecule has 0 saturated heterocycles. The van der Waals surface area contributed by atoms with Gasteiger partial charge in [0, 0.05) is 11.6 Å². The fourth-order valence-corrected chi connectivity index (χ4v) is 2.97. The van der Waals surface area contributed by atoms with Crippen LogP contribution >= 0.6 is 0 Å². The van der Waals surface area contributed by atoms with Crippen molar-refractivity contribution in [1.29, 1.82) is 0 Å². The minimum atomic E-state index is -0.00103. The minimum Gasteiger partial charge on any atom is -0.497 e. The Labute approximate surface area is 152 Å². The van der Waals surface area contributed by atoms with E-state index in [4.69, 9.17) is 14.2 Å². The Morgan fingerprint density at radius 1 is 0.962 bits per heavy atom. The molecule has 3 aromatic rings. The third kappa shape index (κ3) is 3.14. The summed E-state index contributed by atoms with van der Waals surface area (Å²) in [5.74, 6) is 2.09. The first-order chi connectivity index (χ1) is 12.7. The Hall–Kier alpha value is -3.27. The van der Waals surface area contributed by atoms with Crippen LogP contribution in [0.5, 0.6) is 17.2 Å². The number of carbonyl (C=O) groups excluding carboxylic acids is 1. The van der Waals surface area contributed by atoms with Gasteiger partial charge in [0.2, 0.25) is 5.78 Å². The summed E-state index contributed by atoms with van der Waals surface area (Å²) < 4.78 is 16.7. The van der Waals surface area contributed by atoms with Crippen LogP contribution in [0.3, 0.4) is 0 Å². The quantitative estimate of drug-likeness (QED) is 0.681. The highest BCUT2D eigenvalue weighted by Gasteiger charge is 2.24. The number of carbonyl (C=O) groups is 1. The van der Waals surface area contributed by atoms with E-state index in [0.29, 0.717) is 23.7 Å². The van der Waals surface area contributed by atoms with Crippen LogP contribution in [-0.2, 0) is 6.61 Å². The minimum absolute atomic E-state index is 0.00103. The number of hydrogen-bond acceptors (Lipinski definition) is 4. The average molecular weight is 346 g/mol. The van der Waals surface area contributed by atoms with E-state index in [2.05, 4.69) is 0 Å². The van der Waals surface area contributed by atoms with Crippen molar-refractivity contribution in [2.45, 2.75) is 6.61 Å². The number of ketones is 1. The lowest BCUT2D eigenvalue weighted by Crippen LogP contribution is -2.00. The van der Waals surface area contributed by atoms with Gasteiger partial charge in [0.1, 0.15) is 23.9 Å². The summed E-state index contributed by atoms with van der Waals surface area (Å²) in [6, 6.07) is 21.3. The summed E-state index contributed by atoms with van der Waals surface area (Å²) in [6.45, 7) is 0.502. The highest BCUT2D eigenvalue weighted by molar-refractivity contribution is 6.03. The molecular formula is C22H18O4. The predicted molar refractivity (Wildman–Crippen MR) is 99.0 cm³/mol. The molecule has 0 radical (unpaired) electrons. The lowest BCUT2D eigenvalue weighted by Gasteiger charge is -2.14. The molecule has 0 spiro atoms. The molecule has 26 heavy (non-hydrogen) atoms. The summed E-state index contributed by atoms with van der Waals surface area (Å²) in [5, 5.41) is 0. The van der Waals surface area contributed by atoms with Gasteiger partial charge in [-0.15, -0.1) is 0 Å². The summed E-state index contributed by atoms with van der Waals surface area (Å²) in [6.07, 6.45) is 0. The Morgan fingerprint density at radius 2 is 1.73 bits per heavy atom. The fourth-order valence-electron chi connectivity index (χ4n) is 2.97. The van der Waals surface area contributed by atoms with Crippen LogP contribution in [0.2, 0.25) is 0 Å². The lowest BCUT2D eigenvalue weighted by molar-refractivity contribution is 0.0961. The van der Waals surface area contributed by atoms with Crippen molar-refractivity contribution in [2.75, 3.05) is 13.7 Å². The zero-order chi connectivity index (χ0) is 17.9. The number of hydrogen-bond donors (Lipinski definition) is 0. The first-order valence-electron chi connectivity index (χ1n) is 8.40. The smallest absolute Gasteiger partial charge is 0.203 e. The Morgan fingerprint density at radius 3 is 2.46 bits per heavy atom. The molecular weight excluding hydrogens is 328 g/mol. The van der Waals surface area contributed by atoms with Crippen LogP contribution in [0, 0.1) is 0 Å². The maximum absolute atomic E-state index is 12.0. The number of methoxy groups -OCH3 is 1. The number of fused-ring (bicyclic) bond motifs is 1. The molecule has 1 heterocycles. The zero-order valence-electron chi connectivity index (χ0n) is 14.4. The highest BCUT2D eigenvalue weighted by atomic mass is 16.5. The Bertz CT molecular complexity index is 930. The van der Waals surface area contributed by atoms with Crippen molar-refractivity contribution in [3.63, 3.8) is 0 Å². The van der Waals surface area contributed by atoms with Gasteiger partial charge in [0.15, 0.2) is 6.61 Å². The van der Waals surface area contributed by atoms with Crippen molar-refractivity contribution in [3.05, 3.63) is 77.9 Å². The molecule has 1 aliphatic rings. The van der Waals surface area contributed by atoms with Crippen LogP contribution in [0.25, 0.3) is 11.1 Å². The molecule has 0 fully saturated rings. The van der Waals surface area contributed by atoms with Gasteiger partial charge in [-0.05, 0) is 29.3 Å². The molecule has 4 heteroatoms. The van der Waals surface area contributed by atoms with E-state index in [1.54, 1.807) is 7.11 Å². The molecule has 3 aromatic carbocycles. The number of ether oxygens (including phenoxy) is 3. The molecule has 0 unspecified atom stereocenters. The highest BCUT2D eigenvalue weighted by Crippen LogP contribution is 2.39. The van der Waals surface area contributed by atoms with Crippen molar-refractivity contribution in [2.24, 2.45) is 0 Å². The number of Topliss-reactive ketones (excluding diaryl/α,β-unsaturated/α-hetero) is 1. The molecule has 130 valence electrons. The third-order valence-electron chi connectivity index (χ3n) is 4.38. The summed E-state index contributed by atoms with van der Waals surface area (Å²) in [7, 11) is 1.64. The van der Waals surface area contributed by atoms with E-state index in [9.17, 15) is 4.79 Å². The van der Waals surface area contributed by atoms with Crippen molar-refractivity contribution >= 4 is 5.78 Å². The van der Waals surface area contributed by atoms with Crippen molar-refractivity contribution < 1.29 is 19.0 Å². The number of rotatable bonds is 5. The SMILES string of the molecule is COc1ccc(COc2cc3c(cc2-c2ccccc2)C(=O)CO3)cc1. The summed E-state index contributed by atoms with van der Waals surface area (Å²) in [4.78, 5) is 12.0. The molecule has 0 aromatic heterocycles. The number of benzene rings is 3. The second kappa shape index (κ2) is 6.92. The van der Waals surface area contributed by atoms with E-state index in [1.807, 2.05) is 66.7 Å². The second-order valence-electron chi connectivity index (χ2n) is 6.06. The summed E-state index contributed by atoms with van der Waals surface area (Å²) in [5.41, 5.74) is 3.53. The zero-order valence-corrected chi connectivity index (χ0v) is 14.4. The van der Waals surface area contributed by atoms with E-state index >= 15 is 0 Å². The van der Waals surface area contributed by atoms with Crippen LogP contribution < -0.4 is 14.2 Å². The Balaban J connectivity index is 1.66. The largest absolute Gasteiger partial charge is 0.497 e. The van der Waals surface area contributed by atoms with E-state index in [-0.39, 0.29) is 12.4 Å². The van der Waals surface area contributed by atoms with Gasteiger partial charge in [-0.2, -0.15) is 0 Å². The predicted octanol–water partition coefficient (Wildman–Crippen LogP) is 4.52. The van der Waals surface area contributed by atoms with Crippen LogP contribution in [0.1, 0.15) is 15.9 Å². The average Bonchev–Trinajstić information content (AvgIpc) is 3.06. The first kappa shape index (κ1) is 16.2. The normalized spacial score (nSPS) is 12.4.